The molecule has 0 saturated carbocycles. The van der Waals surface area contributed by atoms with Crippen molar-refractivity contribution in [1.29, 1.82) is 0 Å². The van der Waals surface area contributed by atoms with E-state index in [4.69, 9.17) is 0 Å². The van der Waals surface area contributed by atoms with Crippen LogP contribution in [0.4, 0.5) is 4.39 Å². The Morgan fingerprint density at radius 3 is 1.73 bits per heavy atom. The molecular formula is C14H23F. The van der Waals surface area contributed by atoms with Crippen LogP contribution in [0.15, 0.2) is 24.3 Å². The van der Waals surface area contributed by atoms with Crippen LogP contribution in [0.3, 0.4) is 0 Å². The van der Waals surface area contributed by atoms with E-state index >= 15 is 0 Å². The van der Waals surface area contributed by atoms with Crippen molar-refractivity contribution in [2.75, 3.05) is 0 Å². The van der Waals surface area contributed by atoms with Crippen molar-refractivity contribution < 1.29 is 4.39 Å². The molecule has 15 heavy (non-hydrogen) atoms. The average Bonchev–Trinajstić information content (AvgIpc) is 2.20. The fourth-order valence-electron chi connectivity index (χ4n) is 1.25. The maximum Gasteiger partial charge on any atom is 0.123 e. The van der Waals surface area contributed by atoms with E-state index in [9.17, 15) is 4.39 Å². The van der Waals surface area contributed by atoms with Gasteiger partial charge in [0.25, 0.3) is 0 Å². The third kappa shape index (κ3) is 4.46. The Balaban J connectivity index is 0.000000921. The second-order valence-corrected chi connectivity index (χ2v) is 4.64. The van der Waals surface area contributed by atoms with E-state index in [2.05, 4.69) is 27.7 Å². The highest BCUT2D eigenvalue weighted by Gasteiger charge is 2.21. The summed E-state index contributed by atoms with van der Waals surface area (Å²) in [5, 5.41) is 0. The van der Waals surface area contributed by atoms with Gasteiger partial charge in [-0.25, -0.2) is 4.39 Å². The standard InChI is InChI=1S/C12H17F.C2H6/c1-9(12(2,3)4)10-5-7-11(13)8-6-10;1-2/h5-9H,1-4H3;1-2H3. The van der Waals surface area contributed by atoms with Gasteiger partial charge in [-0.15, -0.1) is 0 Å². The minimum Gasteiger partial charge on any atom is -0.207 e. The molecule has 1 rings (SSSR count). The summed E-state index contributed by atoms with van der Waals surface area (Å²) in [6.07, 6.45) is 0. The van der Waals surface area contributed by atoms with Crippen LogP contribution < -0.4 is 0 Å². The molecule has 0 aliphatic carbocycles. The Bertz CT molecular complexity index is 266. The second-order valence-electron chi connectivity index (χ2n) is 4.64. The van der Waals surface area contributed by atoms with Gasteiger partial charge in [-0.1, -0.05) is 53.7 Å². The van der Waals surface area contributed by atoms with Crippen LogP contribution in [-0.2, 0) is 0 Å². The molecule has 86 valence electrons. The molecule has 1 heteroatoms. The van der Waals surface area contributed by atoms with E-state index < -0.39 is 0 Å². The Morgan fingerprint density at radius 1 is 1.00 bits per heavy atom. The van der Waals surface area contributed by atoms with E-state index in [1.54, 1.807) is 0 Å². The Labute approximate surface area is 93.5 Å². The summed E-state index contributed by atoms with van der Waals surface area (Å²) < 4.78 is 12.6. The maximum absolute atomic E-state index is 12.6. The van der Waals surface area contributed by atoms with Gasteiger partial charge in [0.1, 0.15) is 5.82 Å². The predicted octanol–water partition coefficient (Wildman–Crippen LogP) is 5.00. The first-order chi connectivity index (χ1) is 6.91. The van der Waals surface area contributed by atoms with Crippen molar-refractivity contribution in [2.24, 2.45) is 5.41 Å². The fraction of sp³-hybridized carbons (Fsp3) is 0.571. The SMILES string of the molecule is CC.CC(c1ccc(F)cc1)C(C)(C)C. The quantitative estimate of drug-likeness (QED) is 0.611. The van der Waals surface area contributed by atoms with Gasteiger partial charge >= 0.3 is 0 Å². The zero-order chi connectivity index (χ0) is 12.1. The maximum atomic E-state index is 12.6. The lowest BCUT2D eigenvalue weighted by molar-refractivity contribution is 0.339. The molecule has 0 nitrogen and oxygen atoms in total. The Morgan fingerprint density at radius 2 is 1.40 bits per heavy atom. The van der Waals surface area contributed by atoms with Gasteiger partial charge in [0.2, 0.25) is 0 Å². The molecule has 1 unspecified atom stereocenters. The molecule has 0 N–H and O–H groups in total. The van der Waals surface area contributed by atoms with Crippen molar-refractivity contribution in [3.63, 3.8) is 0 Å². The van der Waals surface area contributed by atoms with Crippen molar-refractivity contribution in [3.05, 3.63) is 35.6 Å². The molecule has 0 heterocycles. The van der Waals surface area contributed by atoms with E-state index in [1.807, 2.05) is 26.0 Å². The molecule has 0 aromatic heterocycles. The molecule has 1 atom stereocenters. The van der Waals surface area contributed by atoms with Crippen LogP contribution in [-0.4, -0.2) is 0 Å². The normalized spacial score (nSPS) is 12.7. The lowest BCUT2D eigenvalue weighted by Gasteiger charge is -2.27. The van der Waals surface area contributed by atoms with E-state index in [0.717, 1.165) is 0 Å². The summed E-state index contributed by atoms with van der Waals surface area (Å²) in [7, 11) is 0. The molecule has 0 bridgehead atoms. The molecule has 0 saturated heterocycles. The highest BCUT2D eigenvalue weighted by atomic mass is 19.1. The first kappa shape index (κ1) is 14.2. The third-order valence-corrected chi connectivity index (χ3v) is 2.67. The first-order valence-electron chi connectivity index (χ1n) is 5.67. The monoisotopic (exact) mass is 210 g/mol. The van der Waals surface area contributed by atoms with E-state index in [1.165, 1.54) is 17.7 Å². The van der Waals surface area contributed by atoms with Crippen LogP contribution in [0.5, 0.6) is 0 Å². The van der Waals surface area contributed by atoms with Gasteiger partial charge in [0, 0.05) is 0 Å². The summed E-state index contributed by atoms with van der Waals surface area (Å²) in [6.45, 7) is 12.8. The van der Waals surface area contributed by atoms with Gasteiger partial charge in [-0.3, -0.25) is 0 Å². The number of benzene rings is 1. The van der Waals surface area contributed by atoms with Gasteiger partial charge in [-0.05, 0) is 29.0 Å². The van der Waals surface area contributed by atoms with Gasteiger partial charge in [0.15, 0.2) is 0 Å². The van der Waals surface area contributed by atoms with Crippen LogP contribution in [0.25, 0.3) is 0 Å². The molecule has 0 spiro atoms. The molecule has 0 amide bonds. The van der Waals surface area contributed by atoms with E-state index in [0.29, 0.717) is 5.92 Å². The summed E-state index contributed by atoms with van der Waals surface area (Å²) in [6, 6.07) is 6.78. The largest absolute Gasteiger partial charge is 0.207 e. The van der Waals surface area contributed by atoms with Crippen LogP contribution in [0.1, 0.15) is 53.0 Å². The first-order valence-corrected chi connectivity index (χ1v) is 5.67. The molecule has 0 radical (unpaired) electrons. The molecular weight excluding hydrogens is 187 g/mol. The van der Waals surface area contributed by atoms with Crippen molar-refractivity contribution in [1.82, 2.24) is 0 Å². The highest BCUT2D eigenvalue weighted by Crippen LogP contribution is 2.34. The Kier molecular flexibility index (Phi) is 5.56. The predicted molar refractivity (Wildman–Crippen MR) is 65.6 cm³/mol. The minimum absolute atomic E-state index is 0.162. The van der Waals surface area contributed by atoms with Crippen molar-refractivity contribution in [2.45, 2.75) is 47.5 Å². The van der Waals surface area contributed by atoms with Crippen molar-refractivity contribution in [3.8, 4) is 0 Å². The minimum atomic E-state index is -0.162. The fourth-order valence-corrected chi connectivity index (χ4v) is 1.25. The summed E-state index contributed by atoms with van der Waals surface area (Å²) in [5.74, 6) is 0.290. The number of hydrogen-bond acceptors (Lipinski definition) is 0. The van der Waals surface area contributed by atoms with Crippen molar-refractivity contribution >= 4 is 0 Å². The molecule has 1 aromatic rings. The van der Waals surface area contributed by atoms with Crippen LogP contribution in [0.2, 0.25) is 0 Å². The topological polar surface area (TPSA) is 0 Å². The smallest absolute Gasteiger partial charge is 0.123 e. The second kappa shape index (κ2) is 5.89. The number of rotatable bonds is 1. The van der Waals surface area contributed by atoms with E-state index in [-0.39, 0.29) is 11.2 Å². The molecule has 0 aliphatic rings. The lowest BCUT2D eigenvalue weighted by atomic mass is 9.78. The zero-order valence-corrected chi connectivity index (χ0v) is 10.8. The average molecular weight is 210 g/mol. The third-order valence-electron chi connectivity index (χ3n) is 2.67. The Hall–Kier alpha value is -0.850. The molecule has 0 aliphatic heterocycles. The summed E-state index contributed by atoms with van der Waals surface area (Å²) >= 11 is 0. The van der Waals surface area contributed by atoms with Crippen LogP contribution in [0, 0.1) is 11.2 Å². The highest BCUT2D eigenvalue weighted by molar-refractivity contribution is 5.21. The lowest BCUT2D eigenvalue weighted by Crippen LogP contribution is -2.15. The molecule has 0 fully saturated rings. The zero-order valence-electron chi connectivity index (χ0n) is 10.8. The van der Waals surface area contributed by atoms with Gasteiger partial charge in [-0.2, -0.15) is 0 Å². The number of hydrogen-bond donors (Lipinski definition) is 0. The summed E-state index contributed by atoms with van der Waals surface area (Å²) in [5.41, 5.74) is 1.44. The van der Waals surface area contributed by atoms with Gasteiger partial charge in [0.05, 0.1) is 0 Å². The summed E-state index contributed by atoms with van der Waals surface area (Å²) in [4.78, 5) is 0. The molecule has 1 aromatic carbocycles. The van der Waals surface area contributed by atoms with Crippen LogP contribution >= 0.6 is 0 Å². The van der Waals surface area contributed by atoms with Gasteiger partial charge < -0.3 is 0 Å². The number of halogens is 1.